The summed E-state index contributed by atoms with van der Waals surface area (Å²) in [5.74, 6) is 1.08. The predicted molar refractivity (Wildman–Crippen MR) is 67.5 cm³/mol. The van der Waals surface area contributed by atoms with Crippen LogP contribution >= 0.6 is 0 Å². The van der Waals surface area contributed by atoms with Gasteiger partial charge in [-0.25, -0.2) is 9.59 Å². The first-order valence-corrected chi connectivity index (χ1v) is 5.45. The Morgan fingerprint density at radius 3 is 2.32 bits per heavy atom. The molecule has 5 heteroatoms. The van der Waals surface area contributed by atoms with E-state index in [4.69, 9.17) is 4.74 Å². The standard InChI is InChI=1S/C14H6N2O3/c17-7-15-12-10(9-4-2-1-3-5-9)6-11-14(19-11)13(12)16-8-18/h1-6H. The van der Waals surface area contributed by atoms with Crippen LogP contribution in [0.2, 0.25) is 0 Å². The van der Waals surface area contributed by atoms with Crippen LogP contribution in [0, 0.1) is 0 Å². The minimum atomic E-state index is 0.217. The second kappa shape index (κ2) is 4.35. The van der Waals surface area contributed by atoms with Crippen molar-refractivity contribution in [2.24, 2.45) is 9.98 Å². The fourth-order valence-corrected chi connectivity index (χ4v) is 1.92. The first-order chi connectivity index (χ1) is 9.35. The zero-order valence-electron chi connectivity index (χ0n) is 9.58. The average molecular weight is 250 g/mol. The molecule has 0 spiro atoms. The highest BCUT2D eigenvalue weighted by atomic mass is 16.6. The SMILES string of the molecule is O=C=Nc1c(-c2ccccc2)cc2c(c1N=C=O)O2. The minimum Gasteiger partial charge on any atom is -0.447 e. The van der Waals surface area contributed by atoms with Gasteiger partial charge < -0.3 is 4.74 Å². The first-order valence-electron chi connectivity index (χ1n) is 5.45. The molecule has 1 aliphatic rings. The van der Waals surface area contributed by atoms with Gasteiger partial charge in [0.2, 0.25) is 12.2 Å². The number of carbonyl (C=O) groups excluding carboxylic acids is 2. The molecule has 0 N–H and O–H groups in total. The van der Waals surface area contributed by atoms with Crippen LogP contribution in [0.15, 0.2) is 46.4 Å². The lowest BCUT2D eigenvalue weighted by atomic mass is 10.0. The normalized spacial score (nSPS) is 10.5. The van der Waals surface area contributed by atoms with Crippen molar-refractivity contribution in [2.75, 3.05) is 0 Å². The van der Waals surface area contributed by atoms with Gasteiger partial charge in [0.15, 0.2) is 11.5 Å². The van der Waals surface area contributed by atoms with Crippen LogP contribution in [0.4, 0.5) is 11.4 Å². The molecular formula is C14H6N2O3. The third-order valence-electron chi connectivity index (χ3n) is 2.76. The Hall–Kier alpha value is -3.00. The van der Waals surface area contributed by atoms with Crippen molar-refractivity contribution in [3.05, 3.63) is 36.4 Å². The summed E-state index contributed by atoms with van der Waals surface area (Å²) in [6.45, 7) is 0. The van der Waals surface area contributed by atoms with Gasteiger partial charge in [-0.2, -0.15) is 9.98 Å². The Balaban J connectivity index is 2.32. The average Bonchev–Trinajstić information content (AvgIpc) is 3.21. The van der Waals surface area contributed by atoms with Crippen molar-refractivity contribution in [3.63, 3.8) is 0 Å². The van der Waals surface area contributed by atoms with Gasteiger partial charge in [0.05, 0.1) is 0 Å². The summed E-state index contributed by atoms with van der Waals surface area (Å²) < 4.78 is 5.21. The third kappa shape index (κ3) is 1.85. The molecular weight excluding hydrogens is 244 g/mol. The van der Waals surface area contributed by atoms with E-state index in [1.807, 2.05) is 30.3 Å². The van der Waals surface area contributed by atoms with Gasteiger partial charge in [0, 0.05) is 5.56 Å². The van der Waals surface area contributed by atoms with E-state index in [1.165, 1.54) is 12.2 Å². The topological polar surface area (TPSA) is 71.4 Å². The van der Waals surface area contributed by atoms with Gasteiger partial charge in [-0.05, 0) is 11.6 Å². The van der Waals surface area contributed by atoms with Gasteiger partial charge in [-0.15, -0.1) is 0 Å². The maximum absolute atomic E-state index is 10.6. The first kappa shape index (κ1) is 11.1. The molecule has 0 aliphatic carbocycles. The fourth-order valence-electron chi connectivity index (χ4n) is 1.92. The molecule has 3 rings (SSSR count). The van der Waals surface area contributed by atoms with Crippen LogP contribution in [0.3, 0.4) is 0 Å². The van der Waals surface area contributed by atoms with E-state index in [1.54, 1.807) is 6.07 Å². The monoisotopic (exact) mass is 250 g/mol. The van der Waals surface area contributed by atoms with Crippen LogP contribution in [0.25, 0.3) is 11.1 Å². The molecule has 5 nitrogen and oxygen atoms in total. The Bertz CT molecular complexity index is 756. The lowest BCUT2D eigenvalue weighted by Crippen LogP contribution is -1.77. The van der Waals surface area contributed by atoms with E-state index < -0.39 is 0 Å². The number of nitrogens with zero attached hydrogens (tertiary/aromatic N) is 2. The van der Waals surface area contributed by atoms with E-state index in [9.17, 15) is 9.59 Å². The summed E-state index contributed by atoms with van der Waals surface area (Å²) in [6, 6.07) is 11.1. The summed E-state index contributed by atoms with van der Waals surface area (Å²) >= 11 is 0. The lowest BCUT2D eigenvalue weighted by molar-refractivity contribution is 0.564. The second-order valence-electron chi connectivity index (χ2n) is 3.82. The van der Waals surface area contributed by atoms with Crippen LogP contribution in [-0.2, 0) is 9.59 Å². The van der Waals surface area contributed by atoms with Crippen molar-refractivity contribution in [1.82, 2.24) is 0 Å². The Morgan fingerprint density at radius 2 is 1.63 bits per heavy atom. The molecule has 2 aromatic carbocycles. The molecule has 0 atom stereocenters. The number of benzene rings is 2. The van der Waals surface area contributed by atoms with Gasteiger partial charge in [0.25, 0.3) is 0 Å². The number of fused-ring (bicyclic) bond motifs is 1. The van der Waals surface area contributed by atoms with Crippen molar-refractivity contribution < 1.29 is 14.3 Å². The van der Waals surface area contributed by atoms with Gasteiger partial charge in [0.1, 0.15) is 11.4 Å². The van der Waals surface area contributed by atoms with Crippen LogP contribution in [-0.4, -0.2) is 12.2 Å². The zero-order valence-corrected chi connectivity index (χ0v) is 9.58. The van der Waals surface area contributed by atoms with E-state index in [0.29, 0.717) is 17.1 Å². The molecule has 0 bridgehead atoms. The number of hydrogen-bond acceptors (Lipinski definition) is 5. The molecule has 0 saturated carbocycles. The minimum absolute atomic E-state index is 0.217. The maximum atomic E-state index is 10.6. The molecule has 0 fully saturated rings. The zero-order chi connectivity index (χ0) is 13.2. The maximum Gasteiger partial charge on any atom is 0.240 e. The van der Waals surface area contributed by atoms with Crippen molar-refractivity contribution in [1.29, 1.82) is 0 Å². The summed E-state index contributed by atoms with van der Waals surface area (Å²) in [4.78, 5) is 28.2. The number of hydrogen-bond donors (Lipinski definition) is 0. The van der Waals surface area contributed by atoms with Crippen LogP contribution in [0.1, 0.15) is 0 Å². The predicted octanol–water partition coefficient (Wildman–Crippen LogP) is 3.39. The number of rotatable bonds is 3. The van der Waals surface area contributed by atoms with Crippen molar-refractivity contribution in [3.8, 4) is 22.6 Å². The van der Waals surface area contributed by atoms with Gasteiger partial charge in [-0.3, -0.25) is 0 Å². The summed E-state index contributed by atoms with van der Waals surface area (Å²) in [6.07, 6.45) is 2.91. The van der Waals surface area contributed by atoms with Crippen LogP contribution in [0.5, 0.6) is 11.5 Å². The number of aliphatic imine (C=N–C) groups is 2. The van der Waals surface area contributed by atoms with E-state index in [2.05, 4.69) is 9.98 Å². The molecule has 0 saturated heterocycles. The summed E-state index contributed by atoms with van der Waals surface area (Å²) in [5.41, 5.74) is 1.99. The van der Waals surface area contributed by atoms with Crippen molar-refractivity contribution >= 4 is 23.5 Å². The quantitative estimate of drug-likeness (QED) is 0.406. The van der Waals surface area contributed by atoms with E-state index >= 15 is 0 Å². The molecule has 0 radical (unpaired) electrons. The Kier molecular flexibility index (Phi) is 2.54. The highest BCUT2D eigenvalue weighted by molar-refractivity contribution is 5.94. The van der Waals surface area contributed by atoms with Gasteiger partial charge in [-0.1, -0.05) is 30.3 Å². The Morgan fingerprint density at radius 1 is 0.947 bits per heavy atom. The van der Waals surface area contributed by atoms with Crippen molar-refractivity contribution in [2.45, 2.75) is 0 Å². The molecule has 0 aromatic heterocycles. The smallest absolute Gasteiger partial charge is 0.240 e. The fraction of sp³-hybridized carbons (Fsp3) is 0. The highest BCUT2D eigenvalue weighted by Crippen LogP contribution is 2.59. The number of isocyanates is 2. The van der Waals surface area contributed by atoms with E-state index in [0.717, 1.165) is 5.56 Å². The molecule has 1 heterocycles. The Labute approximate surface area is 107 Å². The molecule has 2 aromatic rings. The third-order valence-corrected chi connectivity index (χ3v) is 2.76. The van der Waals surface area contributed by atoms with E-state index in [-0.39, 0.29) is 11.4 Å². The molecule has 0 amide bonds. The molecule has 19 heavy (non-hydrogen) atoms. The lowest BCUT2D eigenvalue weighted by Gasteiger charge is -2.03. The van der Waals surface area contributed by atoms with Gasteiger partial charge >= 0.3 is 0 Å². The summed E-state index contributed by atoms with van der Waals surface area (Å²) in [5, 5.41) is 0. The molecule has 90 valence electrons. The largest absolute Gasteiger partial charge is 0.447 e. The highest BCUT2D eigenvalue weighted by Gasteiger charge is 2.30. The molecule has 0 unspecified atom stereocenters. The second-order valence-corrected chi connectivity index (χ2v) is 3.82. The summed E-state index contributed by atoms with van der Waals surface area (Å²) in [7, 11) is 0. The van der Waals surface area contributed by atoms with Crippen LogP contribution < -0.4 is 4.74 Å². The number of ether oxygens (including phenoxy) is 1. The molecule has 1 aliphatic heterocycles.